The topological polar surface area (TPSA) is 30.0 Å². The van der Waals surface area contributed by atoms with Crippen LogP contribution in [-0.2, 0) is 4.79 Å². The van der Waals surface area contributed by atoms with Crippen LogP contribution in [0.2, 0.25) is 0 Å². The molecule has 2 saturated heterocycles. The van der Waals surface area contributed by atoms with Gasteiger partial charge in [0, 0.05) is 52.4 Å². The standard InChI is InChI=1S/C19H38N4O/c1-6-20(5)19(24)17(4)23-13-11-21(12-14-23)15-18-7-9-22(10-8-18)16(2)3/h16-18H,6-15H2,1-5H3/t17-/m0/s1. The number of hydrogen-bond donors (Lipinski definition) is 0. The van der Waals surface area contributed by atoms with Crippen molar-refractivity contribution in [3.8, 4) is 0 Å². The van der Waals surface area contributed by atoms with E-state index in [0.29, 0.717) is 6.04 Å². The number of nitrogens with zero attached hydrogens (tertiary/aromatic N) is 4. The summed E-state index contributed by atoms with van der Waals surface area (Å²) in [5.41, 5.74) is 0. The van der Waals surface area contributed by atoms with Crippen molar-refractivity contribution < 1.29 is 4.79 Å². The zero-order valence-corrected chi connectivity index (χ0v) is 16.5. The van der Waals surface area contributed by atoms with Crippen molar-refractivity contribution in [2.24, 2.45) is 5.92 Å². The van der Waals surface area contributed by atoms with Gasteiger partial charge in [-0.2, -0.15) is 0 Å². The van der Waals surface area contributed by atoms with Crippen molar-refractivity contribution in [1.29, 1.82) is 0 Å². The van der Waals surface area contributed by atoms with Gasteiger partial charge >= 0.3 is 0 Å². The van der Waals surface area contributed by atoms with Crippen LogP contribution in [-0.4, -0.2) is 97.0 Å². The average Bonchev–Trinajstić information content (AvgIpc) is 2.61. The Bertz CT molecular complexity index is 385. The van der Waals surface area contributed by atoms with Gasteiger partial charge in [0.05, 0.1) is 6.04 Å². The van der Waals surface area contributed by atoms with Crippen LogP contribution < -0.4 is 0 Å². The number of hydrogen-bond acceptors (Lipinski definition) is 4. The molecule has 0 radical (unpaired) electrons. The van der Waals surface area contributed by atoms with E-state index in [9.17, 15) is 4.79 Å². The fraction of sp³-hybridized carbons (Fsp3) is 0.947. The summed E-state index contributed by atoms with van der Waals surface area (Å²) in [7, 11) is 1.90. The molecule has 2 aliphatic rings. The van der Waals surface area contributed by atoms with Gasteiger partial charge in [-0.25, -0.2) is 0 Å². The largest absolute Gasteiger partial charge is 0.345 e. The summed E-state index contributed by atoms with van der Waals surface area (Å²) in [4.78, 5) is 21.7. The van der Waals surface area contributed by atoms with Crippen molar-refractivity contribution in [3.05, 3.63) is 0 Å². The molecule has 0 aromatic heterocycles. The van der Waals surface area contributed by atoms with Gasteiger partial charge < -0.3 is 14.7 Å². The van der Waals surface area contributed by atoms with Crippen LogP contribution in [0.3, 0.4) is 0 Å². The SMILES string of the molecule is CCN(C)C(=O)[C@H](C)N1CCN(CC2CCN(C(C)C)CC2)CC1. The number of piperidine rings is 1. The third kappa shape index (κ3) is 5.17. The first-order valence-corrected chi connectivity index (χ1v) is 9.87. The molecule has 5 heteroatoms. The molecule has 0 aromatic rings. The fourth-order valence-corrected chi connectivity index (χ4v) is 3.98. The Hall–Kier alpha value is -0.650. The predicted molar refractivity (Wildman–Crippen MR) is 100 cm³/mol. The molecule has 0 bridgehead atoms. The van der Waals surface area contributed by atoms with E-state index in [4.69, 9.17) is 0 Å². The van der Waals surface area contributed by atoms with Gasteiger partial charge in [0.2, 0.25) is 5.91 Å². The van der Waals surface area contributed by atoms with Crippen LogP contribution in [0.1, 0.15) is 40.5 Å². The van der Waals surface area contributed by atoms with E-state index in [1.165, 1.54) is 32.5 Å². The monoisotopic (exact) mass is 338 g/mol. The molecule has 140 valence electrons. The Balaban J connectivity index is 1.70. The van der Waals surface area contributed by atoms with E-state index < -0.39 is 0 Å². The van der Waals surface area contributed by atoms with Crippen LogP contribution in [0.25, 0.3) is 0 Å². The molecule has 0 aromatic carbocycles. The molecule has 2 rings (SSSR count). The van der Waals surface area contributed by atoms with Gasteiger partial charge in [0.1, 0.15) is 0 Å². The lowest BCUT2D eigenvalue weighted by molar-refractivity contribution is -0.135. The molecule has 0 N–H and O–H groups in total. The zero-order chi connectivity index (χ0) is 17.7. The number of carbonyl (C=O) groups is 1. The molecule has 24 heavy (non-hydrogen) atoms. The molecule has 0 aliphatic carbocycles. The van der Waals surface area contributed by atoms with Crippen LogP contribution in [0, 0.1) is 5.92 Å². The first-order chi connectivity index (χ1) is 11.4. The Kier molecular flexibility index (Phi) is 7.51. The molecule has 1 amide bonds. The van der Waals surface area contributed by atoms with E-state index >= 15 is 0 Å². The second kappa shape index (κ2) is 9.16. The fourth-order valence-electron chi connectivity index (χ4n) is 3.98. The van der Waals surface area contributed by atoms with Crippen molar-refractivity contribution >= 4 is 5.91 Å². The third-order valence-corrected chi connectivity index (χ3v) is 6.06. The molecular formula is C19H38N4O. The Morgan fingerprint density at radius 2 is 1.58 bits per heavy atom. The van der Waals surface area contributed by atoms with Crippen LogP contribution >= 0.6 is 0 Å². The predicted octanol–water partition coefficient (Wildman–Crippen LogP) is 1.59. The lowest BCUT2D eigenvalue weighted by atomic mass is 9.95. The van der Waals surface area contributed by atoms with Crippen LogP contribution in [0.4, 0.5) is 0 Å². The maximum Gasteiger partial charge on any atom is 0.239 e. The molecule has 1 atom stereocenters. The smallest absolute Gasteiger partial charge is 0.239 e. The van der Waals surface area contributed by atoms with Crippen molar-refractivity contribution in [3.63, 3.8) is 0 Å². The maximum atomic E-state index is 12.3. The highest BCUT2D eigenvalue weighted by Crippen LogP contribution is 2.21. The first-order valence-electron chi connectivity index (χ1n) is 9.87. The van der Waals surface area contributed by atoms with E-state index in [1.807, 2.05) is 18.9 Å². The van der Waals surface area contributed by atoms with E-state index in [1.54, 1.807) is 0 Å². The molecule has 0 spiro atoms. The molecule has 2 heterocycles. The number of likely N-dealkylation sites (tertiary alicyclic amines) is 1. The average molecular weight is 339 g/mol. The molecule has 5 nitrogen and oxygen atoms in total. The normalized spacial score (nSPS) is 23.6. The number of likely N-dealkylation sites (N-methyl/N-ethyl adjacent to an activating group) is 1. The quantitative estimate of drug-likeness (QED) is 0.736. The maximum absolute atomic E-state index is 12.3. The summed E-state index contributed by atoms with van der Waals surface area (Å²) in [5.74, 6) is 1.11. The summed E-state index contributed by atoms with van der Waals surface area (Å²) in [6, 6.07) is 0.709. The second-order valence-electron chi connectivity index (χ2n) is 7.94. The first kappa shape index (κ1) is 19.7. The van der Waals surface area contributed by atoms with E-state index in [-0.39, 0.29) is 11.9 Å². The summed E-state index contributed by atoms with van der Waals surface area (Å²) in [6.07, 6.45) is 2.68. The highest BCUT2D eigenvalue weighted by atomic mass is 16.2. The summed E-state index contributed by atoms with van der Waals surface area (Å²) in [6.45, 7) is 17.5. The Morgan fingerprint density at radius 1 is 1.00 bits per heavy atom. The number of rotatable bonds is 6. The number of piperazine rings is 1. The van der Waals surface area contributed by atoms with Crippen LogP contribution in [0.5, 0.6) is 0 Å². The summed E-state index contributed by atoms with van der Waals surface area (Å²) < 4.78 is 0. The minimum Gasteiger partial charge on any atom is -0.345 e. The van der Waals surface area contributed by atoms with Gasteiger partial charge in [-0.1, -0.05) is 0 Å². The highest BCUT2D eigenvalue weighted by molar-refractivity contribution is 5.81. The number of carbonyl (C=O) groups excluding carboxylic acids is 1. The summed E-state index contributed by atoms with van der Waals surface area (Å²) >= 11 is 0. The second-order valence-corrected chi connectivity index (χ2v) is 7.94. The van der Waals surface area contributed by atoms with Gasteiger partial charge in [0.25, 0.3) is 0 Å². The minimum atomic E-state index is 0.0198. The highest BCUT2D eigenvalue weighted by Gasteiger charge is 2.28. The van der Waals surface area contributed by atoms with Gasteiger partial charge in [-0.15, -0.1) is 0 Å². The van der Waals surface area contributed by atoms with Crippen LogP contribution in [0.15, 0.2) is 0 Å². The van der Waals surface area contributed by atoms with E-state index in [2.05, 4.69) is 35.5 Å². The molecule has 0 saturated carbocycles. The lowest BCUT2D eigenvalue weighted by Gasteiger charge is -2.41. The lowest BCUT2D eigenvalue weighted by Crippen LogP contribution is -2.55. The van der Waals surface area contributed by atoms with E-state index in [0.717, 1.165) is 38.6 Å². The Labute approximate surface area is 148 Å². The van der Waals surface area contributed by atoms with Crippen molar-refractivity contribution in [2.45, 2.75) is 52.6 Å². The van der Waals surface area contributed by atoms with Crippen molar-refractivity contribution in [1.82, 2.24) is 19.6 Å². The third-order valence-electron chi connectivity index (χ3n) is 6.06. The molecule has 2 fully saturated rings. The van der Waals surface area contributed by atoms with Gasteiger partial charge in [-0.3, -0.25) is 9.69 Å². The molecule has 0 unspecified atom stereocenters. The number of amides is 1. The molecular weight excluding hydrogens is 300 g/mol. The summed E-state index contributed by atoms with van der Waals surface area (Å²) in [5, 5.41) is 0. The van der Waals surface area contributed by atoms with Gasteiger partial charge in [0.15, 0.2) is 0 Å². The van der Waals surface area contributed by atoms with Gasteiger partial charge in [-0.05, 0) is 59.5 Å². The van der Waals surface area contributed by atoms with Crippen molar-refractivity contribution in [2.75, 3.05) is 59.4 Å². The zero-order valence-electron chi connectivity index (χ0n) is 16.5. The molecule has 2 aliphatic heterocycles. The Morgan fingerprint density at radius 3 is 2.08 bits per heavy atom. The minimum absolute atomic E-state index is 0.0198.